The normalized spacial score (nSPS) is 17.3. The van der Waals surface area contributed by atoms with Crippen LogP contribution >= 0.6 is 0 Å². The molecule has 1 fully saturated rings. The smallest absolute Gasteiger partial charge is 0.138 e. The van der Waals surface area contributed by atoms with E-state index in [-0.39, 0.29) is 0 Å². The summed E-state index contributed by atoms with van der Waals surface area (Å²) in [5.74, 6) is 0.937. The van der Waals surface area contributed by atoms with Crippen LogP contribution in [0.3, 0.4) is 0 Å². The van der Waals surface area contributed by atoms with Crippen LogP contribution in [0.2, 0.25) is 0 Å². The van der Waals surface area contributed by atoms with Gasteiger partial charge in [0.25, 0.3) is 0 Å². The first-order valence-corrected chi connectivity index (χ1v) is 6.50. The Bertz CT molecular complexity index is 301. The Balaban J connectivity index is 1.88. The number of aryl methyl sites for hydroxylation is 1. The molecule has 2 nitrogen and oxygen atoms in total. The summed E-state index contributed by atoms with van der Waals surface area (Å²) < 4.78 is 5.93. The van der Waals surface area contributed by atoms with Crippen molar-refractivity contribution in [3.05, 3.63) is 24.0 Å². The van der Waals surface area contributed by atoms with Crippen molar-refractivity contribution in [2.75, 3.05) is 0 Å². The molecule has 0 spiro atoms. The van der Waals surface area contributed by atoms with Crippen LogP contribution in [0.1, 0.15) is 51.1 Å². The van der Waals surface area contributed by atoms with Gasteiger partial charge in [0.15, 0.2) is 0 Å². The zero-order chi connectivity index (χ0) is 11.2. The average Bonchev–Trinajstić information content (AvgIpc) is 2.33. The number of ether oxygens (including phenoxy) is 1. The molecule has 0 saturated heterocycles. The zero-order valence-electron chi connectivity index (χ0n) is 10.1. The molecule has 0 aromatic carbocycles. The van der Waals surface area contributed by atoms with Crippen molar-refractivity contribution in [2.45, 2.75) is 58.0 Å². The summed E-state index contributed by atoms with van der Waals surface area (Å²) in [6, 6.07) is 4.15. The Morgan fingerprint density at radius 2 is 2.06 bits per heavy atom. The van der Waals surface area contributed by atoms with E-state index in [4.69, 9.17) is 4.74 Å². The summed E-state index contributed by atoms with van der Waals surface area (Å²) in [6.45, 7) is 2.17. The predicted octanol–water partition coefficient (Wildman–Crippen LogP) is 3.75. The Kier molecular flexibility index (Phi) is 4.20. The van der Waals surface area contributed by atoms with Crippen LogP contribution in [0.5, 0.6) is 5.75 Å². The van der Waals surface area contributed by atoms with Crippen LogP contribution in [-0.4, -0.2) is 11.1 Å². The minimum atomic E-state index is 0.424. The first-order valence-electron chi connectivity index (χ1n) is 6.50. The molecule has 1 saturated carbocycles. The van der Waals surface area contributed by atoms with Crippen molar-refractivity contribution >= 4 is 0 Å². The van der Waals surface area contributed by atoms with Gasteiger partial charge in [-0.05, 0) is 44.2 Å². The fourth-order valence-corrected chi connectivity index (χ4v) is 2.26. The van der Waals surface area contributed by atoms with E-state index < -0.39 is 0 Å². The van der Waals surface area contributed by atoms with E-state index in [0.717, 1.165) is 18.6 Å². The Labute approximate surface area is 98.0 Å². The van der Waals surface area contributed by atoms with E-state index >= 15 is 0 Å². The standard InChI is InChI=1S/C14H21NO/c1-2-6-12-9-10-14(11-15-12)16-13-7-4-3-5-8-13/h9-11,13H,2-8H2,1H3. The topological polar surface area (TPSA) is 22.1 Å². The Hall–Kier alpha value is -1.05. The van der Waals surface area contributed by atoms with E-state index in [1.54, 1.807) is 0 Å². The second kappa shape index (κ2) is 5.88. The molecule has 0 radical (unpaired) electrons. The number of pyridine rings is 1. The largest absolute Gasteiger partial charge is 0.489 e. The van der Waals surface area contributed by atoms with Gasteiger partial charge >= 0.3 is 0 Å². The molecule has 1 aliphatic carbocycles. The zero-order valence-corrected chi connectivity index (χ0v) is 10.1. The van der Waals surface area contributed by atoms with Gasteiger partial charge in [0.05, 0.1) is 12.3 Å². The van der Waals surface area contributed by atoms with Gasteiger partial charge in [-0.3, -0.25) is 4.98 Å². The van der Waals surface area contributed by atoms with Crippen LogP contribution in [0.4, 0.5) is 0 Å². The molecule has 0 atom stereocenters. The minimum absolute atomic E-state index is 0.424. The molecule has 1 heterocycles. The van der Waals surface area contributed by atoms with Crippen molar-refractivity contribution < 1.29 is 4.74 Å². The molecule has 1 aromatic heterocycles. The van der Waals surface area contributed by atoms with E-state index in [0.29, 0.717) is 6.10 Å². The summed E-state index contributed by atoms with van der Waals surface area (Å²) in [4.78, 5) is 4.41. The second-order valence-electron chi connectivity index (χ2n) is 4.61. The van der Waals surface area contributed by atoms with Crippen molar-refractivity contribution in [3.8, 4) is 5.75 Å². The first-order chi connectivity index (χ1) is 7.88. The molecule has 0 N–H and O–H groups in total. The Morgan fingerprint density at radius 1 is 1.25 bits per heavy atom. The second-order valence-corrected chi connectivity index (χ2v) is 4.61. The molecule has 0 unspecified atom stereocenters. The van der Waals surface area contributed by atoms with Gasteiger partial charge in [-0.25, -0.2) is 0 Å². The van der Waals surface area contributed by atoms with Gasteiger partial charge in [0.2, 0.25) is 0 Å². The van der Waals surface area contributed by atoms with Crippen LogP contribution in [-0.2, 0) is 6.42 Å². The fraction of sp³-hybridized carbons (Fsp3) is 0.643. The van der Waals surface area contributed by atoms with E-state index in [2.05, 4.69) is 24.0 Å². The maximum absolute atomic E-state index is 5.93. The molecule has 0 bridgehead atoms. The van der Waals surface area contributed by atoms with Gasteiger partial charge < -0.3 is 4.74 Å². The third-order valence-corrected chi connectivity index (χ3v) is 3.16. The fourth-order valence-electron chi connectivity index (χ4n) is 2.26. The van der Waals surface area contributed by atoms with E-state index in [9.17, 15) is 0 Å². The van der Waals surface area contributed by atoms with Crippen LogP contribution in [0.15, 0.2) is 18.3 Å². The maximum atomic E-state index is 5.93. The molecule has 88 valence electrons. The van der Waals surface area contributed by atoms with Gasteiger partial charge in [-0.2, -0.15) is 0 Å². The number of nitrogens with zero attached hydrogens (tertiary/aromatic N) is 1. The van der Waals surface area contributed by atoms with E-state index in [1.807, 2.05) is 6.20 Å². The van der Waals surface area contributed by atoms with Gasteiger partial charge in [0.1, 0.15) is 5.75 Å². The SMILES string of the molecule is CCCc1ccc(OC2CCCCC2)cn1. The highest BCUT2D eigenvalue weighted by molar-refractivity contribution is 5.20. The monoisotopic (exact) mass is 219 g/mol. The number of hydrogen-bond acceptors (Lipinski definition) is 2. The van der Waals surface area contributed by atoms with Gasteiger partial charge in [-0.15, -0.1) is 0 Å². The third kappa shape index (κ3) is 3.22. The Morgan fingerprint density at radius 3 is 2.69 bits per heavy atom. The summed E-state index contributed by atoms with van der Waals surface area (Å²) in [6.07, 6.45) is 10.9. The summed E-state index contributed by atoms with van der Waals surface area (Å²) in [5, 5.41) is 0. The molecule has 2 rings (SSSR count). The minimum Gasteiger partial charge on any atom is -0.489 e. The third-order valence-electron chi connectivity index (χ3n) is 3.16. The lowest BCUT2D eigenvalue weighted by molar-refractivity contribution is 0.154. The summed E-state index contributed by atoms with van der Waals surface area (Å²) >= 11 is 0. The van der Waals surface area contributed by atoms with Crippen molar-refractivity contribution in [1.29, 1.82) is 0 Å². The maximum Gasteiger partial charge on any atom is 0.138 e. The molecule has 16 heavy (non-hydrogen) atoms. The van der Waals surface area contributed by atoms with Gasteiger partial charge in [0, 0.05) is 5.69 Å². The van der Waals surface area contributed by atoms with Gasteiger partial charge in [-0.1, -0.05) is 19.8 Å². The lowest BCUT2D eigenvalue weighted by atomic mass is 9.98. The lowest BCUT2D eigenvalue weighted by Crippen LogP contribution is -2.19. The number of aromatic nitrogens is 1. The molecule has 1 aliphatic rings. The van der Waals surface area contributed by atoms with Crippen molar-refractivity contribution in [1.82, 2.24) is 4.98 Å². The summed E-state index contributed by atoms with van der Waals surface area (Å²) in [5.41, 5.74) is 1.17. The van der Waals surface area contributed by atoms with Crippen LogP contribution in [0.25, 0.3) is 0 Å². The molecule has 0 aliphatic heterocycles. The number of hydrogen-bond donors (Lipinski definition) is 0. The summed E-state index contributed by atoms with van der Waals surface area (Å²) in [7, 11) is 0. The molecular weight excluding hydrogens is 198 g/mol. The van der Waals surface area contributed by atoms with Crippen molar-refractivity contribution in [3.63, 3.8) is 0 Å². The van der Waals surface area contributed by atoms with Crippen LogP contribution < -0.4 is 4.74 Å². The van der Waals surface area contributed by atoms with Crippen LogP contribution in [0, 0.1) is 0 Å². The average molecular weight is 219 g/mol. The highest BCUT2D eigenvalue weighted by Crippen LogP contribution is 2.22. The molecule has 1 aromatic rings. The van der Waals surface area contributed by atoms with Crippen molar-refractivity contribution in [2.24, 2.45) is 0 Å². The predicted molar refractivity (Wildman–Crippen MR) is 65.7 cm³/mol. The highest BCUT2D eigenvalue weighted by atomic mass is 16.5. The molecule has 2 heteroatoms. The molecule has 0 amide bonds. The lowest BCUT2D eigenvalue weighted by Gasteiger charge is -2.22. The first kappa shape index (κ1) is 11.4. The quantitative estimate of drug-likeness (QED) is 0.769. The number of rotatable bonds is 4. The highest BCUT2D eigenvalue weighted by Gasteiger charge is 2.14. The van der Waals surface area contributed by atoms with E-state index in [1.165, 1.54) is 37.8 Å². The molecular formula is C14H21NO.